The van der Waals surface area contributed by atoms with Crippen molar-refractivity contribution in [2.75, 3.05) is 12.4 Å². The third-order valence-corrected chi connectivity index (χ3v) is 3.25. The van der Waals surface area contributed by atoms with Crippen LogP contribution in [-0.4, -0.2) is 18.0 Å². The molecule has 0 saturated carbocycles. The minimum Gasteiger partial charge on any atom is -0.497 e. The topological polar surface area (TPSA) is 54.1 Å². The number of aromatic amines is 1. The van der Waals surface area contributed by atoms with Gasteiger partial charge >= 0.3 is 0 Å². The highest BCUT2D eigenvalue weighted by atomic mass is 19.1. The van der Waals surface area contributed by atoms with E-state index >= 15 is 0 Å². The number of hydrogen-bond acceptors (Lipinski definition) is 2. The molecular weight excluding hydrogens is 290 g/mol. The van der Waals surface area contributed by atoms with Crippen LogP contribution in [-0.2, 0) is 0 Å². The first-order valence-corrected chi connectivity index (χ1v) is 6.50. The van der Waals surface area contributed by atoms with Crippen molar-refractivity contribution in [2.45, 2.75) is 0 Å². The highest BCUT2D eigenvalue weighted by molar-refractivity contribution is 6.06. The zero-order chi connectivity index (χ0) is 15.7. The summed E-state index contributed by atoms with van der Waals surface area (Å²) in [7, 11) is 1.55. The fraction of sp³-hybridized carbons (Fsp3) is 0.0625. The second-order valence-corrected chi connectivity index (χ2v) is 4.71. The van der Waals surface area contributed by atoms with Gasteiger partial charge in [-0.2, -0.15) is 0 Å². The lowest BCUT2D eigenvalue weighted by molar-refractivity contribution is 0.102. The van der Waals surface area contributed by atoms with E-state index in [-0.39, 0.29) is 11.4 Å². The fourth-order valence-electron chi connectivity index (χ4n) is 2.14. The Morgan fingerprint density at radius 1 is 1.14 bits per heavy atom. The number of aromatic nitrogens is 1. The highest BCUT2D eigenvalue weighted by Gasteiger charge is 2.13. The molecule has 3 rings (SSSR count). The van der Waals surface area contributed by atoms with E-state index in [4.69, 9.17) is 4.74 Å². The van der Waals surface area contributed by atoms with Gasteiger partial charge in [0.1, 0.15) is 23.1 Å². The van der Waals surface area contributed by atoms with E-state index < -0.39 is 17.5 Å². The number of ether oxygens (including phenoxy) is 1. The predicted octanol–water partition coefficient (Wildman–Crippen LogP) is 3.71. The van der Waals surface area contributed by atoms with Gasteiger partial charge in [-0.05, 0) is 36.4 Å². The number of anilines is 1. The molecule has 0 aliphatic carbocycles. The molecule has 4 nitrogen and oxygen atoms in total. The van der Waals surface area contributed by atoms with Crippen LogP contribution in [0.2, 0.25) is 0 Å². The van der Waals surface area contributed by atoms with Gasteiger partial charge in [-0.15, -0.1) is 0 Å². The molecular formula is C16H12F2N2O2. The minimum absolute atomic E-state index is 0.0809. The van der Waals surface area contributed by atoms with Crippen molar-refractivity contribution >= 4 is 22.5 Å². The molecule has 0 unspecified atom stereocenters. The molecule has 1 heterocycles. The Hall–Kier alpha value is -2.89. The first kappa shape index (κ1) is 14.1. The Labute approximate surface area is 124 Å². The molecule has 22 heavy (non-hydrogen) atoms. The monoisotopic (exact) mass is 302 g/mol. The molecule has 3 aromatic rings. The first-order chi connectivity index (χ1) is 10.6. The number of hydrogen-bond donors (Lipinski definition) is 2. The molecule has 0 saturated heterocycles. The van der Waals surface area contributed by atoms with Gasteiger partial charge in [0, 0.05) is 17.0 Å². The maximum absolute atomic E-state index is 13.5. The molecule has 0 aliphatic heterocycles. The average Bonchev–Trinajstić information content (AvgIpc) is 2.93. The lowest BCUT2D eigenvalue weighted by atomic mass is 10.2. The summed E-state index contributed by atoms with van der Waals surface area (Å²) in [5, 5.41) is 3.20. The summed E-state index contributed by atoms with van der Waals surface area (Å²) in [6.07, 6.45) is 0. The van der Waals surface area contributed by atoms with E-state index in [1.807, 2.05) is 0 Å². The summed E-state index contributed by atoms with van der Waals surface area (Å²) < 4.78 is 31.5. The van der Waals surface area contributed by atoms with Crippen molar-refractivity contribution in [1.29, 1.82) is 0 Å². The number of fused-ring (bicyclic) bond motifs is 1. The maximum atomic E-state index is 13.5. The quantitative estimate of drug-likeness (QED) is 0.775. The van der Waals surface area contributed by atoms with Crippen LogP contribution in [0.4, 0.5) is 14.5 Å². The predicted molar refractivity (Wildman–Crippen MR) is 79.2 cm³/mol. The molecule has 112 valence electrons. The van der Waals surface area contributed by atoms with Gasteiger partial charge < -0.3 is 15.0 Å². The van der Waals surface area contributed by atoms with Gasteiger partial charge in [-0.1, -0.05) is 0 Å². The number of benzene rings is 2. The van der Waals surface area contributed by atoms with E-state index in [0.717, 1.165) is 17.0 Å². The van der Waals surface area contributed by atoms with E-state index in [0.29, 0.717) is 11.8 Å². The Balaban J connectivity index is 1.88. The molecule has 1 amide bonds. The van der Waals surface area contributed by atoms with Crippen LogP contribution >= 0.6 is 0 Å². The number of nitrogens with one attached hydrogen (secondary N) is 2. The van der Waals surface area contributed by atoms with Crippen molar-refractivity contribution in [3.8, 4) is 5.75 Å². The molecule has 0 aliphatic rings. The number of rotatable bonds is 3. The summed E-state index contributed by atoms with van der Waals surface area (Å²) in [5.41, 5.74) is 0.945. The van der Waals surface area contributed by atoms with Gasteiger partial charge in [0.2, 0.25) is 0 Å². The van der Waals surface area contributed by atoms with Crippen LogP contribution in [0.15, 0.2) is 42.5 Å². The normalized spacial score (nSPS) is 10.7. The molecule has 0 radical (unpaired) electrons. The number of H-pyrrole nitrogens is 1. The third kappa shape index (κ3) is 2.63. The molecule has 6 heteroatoms. The van der Waals surface area contributed by atoms with E-state index in [1.54, 1.807) is 31.4 Å². The molecule has 0 atom stereocenters. The van der Waals surface area contributed by atoms with Gasteiger partial charge in [-0.3, -0.25) is 4.79 Å². The van der Waals surface area contributed by atoms with Gasteiger partial charge in [0.25, 0.3) is 5.91 Å². The Kier molecular flexibility index (Phi) is 3.50. The minimum atomic E-state index is -0.828. The average molecular weight is 302 g/mol. The SMILES string of the molecule is COc1ccc2[nH]c(C(=O)Nc3ccc(F)cc3F)cc2c1. The van der Waals surface area contributed by atoms with Crippen LogP contribution in [0, 0.1) is 11.6 Å². The van der Waals surface area contributed by atoms with Crippen LogP contribution in [0.3, 0.4) is 0 Å². The van der Waals surface area contributed by atoms with Crippen LogP contribution in [0.5, 0.6) is 5.75 Å². The maximum Gasteiger partial charge on any atom is 0.272 e. The van der Waals surface area contributed by atoms with Crippen LogP contribution in [0.1, 0.15) is 10.5 Å². The molecule has 1 aromatic heterocycles. The largest absolute Gasteiger partial charge is 0.497 e. The molecule has 0 fully saturated rings. The van der Waals surface area contributed by atoms with Crippen molar-refractivity contribution in [2.24, 2.45) is 0 Å². The van der Waals surface area contributed by atoms with E-state index in [9.17, 15) is 13.6 Å². The third-order valence-electron chi connectivity index (χ3n) is 3.25. The van der Waals surface area contributed by atoms with Crippen LogP contribution in [0.25, 0.3) is 10.9 Å². The molecule has 0 bridgehead atoms. The lowest BCUT2D eigenvalue weighted by Gasteiger charge is -2.04. The first-order valence-electron chi connectivity index (χ1n) is 6.50. The Bertz CT molecular complexity index is 858. The van der Waals surface area contributed by atoms with Gasteiger partial charge in [0.15, 0.2) is 0 Å². The second kappa shape index (κ2) is 5.48. The van der Waals surface area contributed by atoms with Crippen molar-refractivity contribution in [1.82, 2.24) is 4.98 Å². The van der Waals surface area contributed by atoms with Gasteiger partial charge in [0.05, 0.1) is 12.8 Å². The van der Waals surface area contributed by atoms with E-state index in [1.165, 1.54) is 6.07 Å². The van der Waals surface area contributed by atoms with Crippen molar-refractivity contribution < 1.29 is 18.3 Å². The summed E-state index contributed by atoms with van der Waals surface area (Å²) in [4.78, 5) is 15.1. The summed E-state index contributed by atoms with van der Waals surface area (Å²) >= 11 is 0. The summed E-state index contributed by atoms with van der Waals surface area (Å²) in [6, 6.07) is 9.92. The zero-order valence-electron chi connectivity index (χ0n) is 11.6. The molecule has 2 N–H and O–H groups in total. The van der Waals surface area contributed by atoms with Crippen LogP contribution < -0.4 is 10.1 Å². The fourth-order valence-corrected chi connectivity index (χ4v) is 2.14. The Morgan fingerprint density at radius 2 is 1.95 bits per heavy atom. The number of carbonyl (C=O) groups is 1. The van der Waals surface area contributed by atoms with Gasteiger partial charge in [-0.25, -0.2) is 8.78 Å². The lowest BCUT2D eigenvalue weighted by Crippen LogP contribution is -2.13. The van der Waals surface area contributed by atoms with Crippen molar-refractivity contribution in [3.63, 3.8) is 0 Å². The zero-order valence-corrected chi connectivity index (χ0v) is 11.6. The standard InChI is InChI=1S/C16H12F2N2O2/c1-22-11-3-5-13-9(6-11)7-15(19-13)16(21)20-14-4-2-10(17)8-12(14)18/h2-8,19H,1H3,(H,20,21). The van der Waals surface area contributed by atoms with Crippen molar-refractivity contribution in [3.05, 3.63) is 59.8 Å². The number of amides is 1. The molecule has 0 spiro atoms. The highest BCUT2D eigenvalue weighted by Crippen LogP contribution is 2.22. The summed E-state index contributed by atoms with van der Waals surface area (Å²) in [6.45, 7) is 0. The van der Waals surface area contributed by atoms with E-state index in [2.05, 4.69) is 10.3 Å². The number of methoxy groups -OCH3 is 1. The number of halogens is 2. The molecule has 2 aromatic carbocycles. The Morgan fingerprint density at radius 3 is 2.68 bits per heavy atom. The number of carbonyl (C=O) groups excluding carboxylic acids is 1. The second-order valence-electron chi connectivity index (χ2n) is 4.71. The summed E-state index contributed by atoms with van der Waals surface area (Å²) in [5.74, 6) is -1.37. The smallest absolute Gasteiger partial charge is 0.272 e.